The molecule has 0 fully saturated rings. The number of hydrogen-bond donors (Lipinski definition) is 1. The molecule has 0 bridgehead atoms. The molecule has 4 nitrogen and oxygen atoms in total. The van der Waals surface area contributed by atoms with Crippen LogP contribution in [0.25, 0.3) is 0 Å². The summed E-state index contributed by atoms with van der Waals surface area (Å²) in [5.74, 6) is 0. The molecule has 0 saturated carbocycles. The van der Waals surface area contributed by atoms with Crippen LogP contribution in [0, 0.1) is 0 Å². The first kappa shape index (κ1) is 7.78. The Bertz CT molecular complexity index is 264. The Labute approximate surface area is 65.1 Å². The summed E-state index contributed by atoms with van der Waals surface area (Å²) < 4.78 is 1.68. The molecule has 1 heterocycles. The number of oxime groups is 1. The third-order valence-corrected chi connectivity index (χ3v) is 1.46. The van der Waals surface area contributed by atoms with E-state index in [4.69, 9.17) is 5.21 Å². The molecular weight excluding hydrogens is 142 g/mol. The van der Waals surface area contributed by atoms with Crippen LogP contribution in [-0.2, 0) is 7.05 Å². The molecule has 0 aromatic carbocycles. The molecular formula is C7H11N3O. The Morgan fingerprint density at radius 1 is 1.82 bits per heavy atom. The summed E-state index contributed by atoms with van der Waals surface area (Å²) in [5.41, 5.74) is 1.35. The average molecular weight is 153 g/mol. The molecule has 0 radical (unpaired) electrons. The van der Waals surface area contributed by atoms with E-state index < -0.39 is 0 Å². The topological polar surface area (TPSA) is 50.4 Å². The van der Waals surface area contributed by atoms with Crippen molar-refractivity contribution < 1.29 is 5.21 Å². The summed E-state index contributed by atoms with van der Waals surface area (Å²) in [6.45, 7) is 1.92. The van der Waals surface area contributed by atoms with E-state index >= 15 is 0 Å². The van der Waals surface area contributed by atoms with E-state index in [1.807, 2.05) is 26.2 Å². The maximum absolute atomic E-state index is 8.53. The van der Waals surface area contributed by atoms with Crippen molar-refractivity contribution in [3.05, 3.63) is 18.0 Å². The molecule has 4 heteroatoms. The third-order valence-electron chi connectivity index (χ3n) is 1.46. The normalized spacial score (nSPS) is 12.0. The Balaban J connectivity index is 2.91. The fraction of sp³-hybridized carbons (Fsp3) is 0.429. The summed E-state index contributed by atoms with van der Waals surface area (Å²) in [7, 11) is 1.83. The van der Waals surface area contributed by atoms with Gasteiger partial charge in [-0.3, -0.25) is 4.68 Å². The number of hydrogen-bond acceptors (Lipinski definition) is 3. The summed E-state index contributed by atoms with van der Waals surface area (Å²) in [4.78, 5) is 0. The third kappa shape index (κ3) is 1.58. The summed E-state index contributed by atoms with van der Waals surface area (Å²) in [6.07, 6.45) is 2.50. The van der Waals surface area contributed by atoms with Crippen LogP contribution in [0.4, 0.5) is 0 Å². The molecule has 1 aromatic rings. The maximum Gasteiger partial charge on any atom is 0.110 e. The highest BCUT2D eigenvalue weighted by molar-refractivity contribution is 5.98. The van der Waals surface area contributed by atoms with Crippen molar-refractivity contribution in [3.8, 4) is 0 Å². The van der Waals surface area contributed by atoms with E-state index in [1.165, 1.54) is 0 Å². The van der Waals surface area contributed by atoms with Crippen LogP contribution in [0.1, 0.15) is 19.0 Å². The van der Waals surface area contributed by atoms with Gasteiger partial charge in [0.05, 0.1) is 0 Å². The molecule has 1 rings (SSSR count). The van der Waals surface area contributed by atoms with Crippen LogP contribution in [0.15, 0.2) is 17.4 Å². The minimum atomic E-state index is 0.616. The van der Waals surface area contributed by atoms with Crippen molar-refractivity contribution in [3.63, 3.8) is 0 Å². The molecule has 1 N–H and O–H groups in total. The number of aromatic nitrogens is 2. The second kappa shape index (κ2) is 3.18. The second-order valence-electron chi connectivity index (χ2n) is 2.27. The predicted molar refractivity (Wildman–Crippen MR) is 41.8 cm³/mol. The quantitative estimate of drug-likeness (QED) is 0.391. The van der Waals surface area contributed by atoms with Gasteiger partial charge in [-0.1, -0.05) is 12.1 Å². The van der Waals surface area contributed by atoms with Crippen molar-refractivity contribution in [1.82, 2.24) is 9.78 Å². The molecule has 0 aliphatic rings. The van der Waals surface area contributed by atoms with Gasteiger partial charge in [-0.2, -0.15) is 5.10 Å². The van der Waals surface area contributed by atoms with Crippen LogP contribution < -0.4 is 0 Å². The van der Waals surface area contributed by atoms with Gasteiger partial charge in [0.1, 0.15) is 11.4 Å². The van der Waals surface area contributed by atoms with E-state index in [9.17, 15) is 0 Å². The maximum atomic E-state index is 8.53. The molecule has 0 aliphatic heterocycles. The molecule has 0 saturated heterocycles. The smallest absolute Gasteiger partial charge is 0.110 e. The van der Waals surface area contributed by atoms with Gasteiger partial charge >= 0.3 is 0 Å². The van der Waals surface area contributed by atoms with E-state index in [2.05, 4.69) is 10.3 Å². The van der Waals surface area contributed by atoms with Gasteiger partial charge in [-0.25, -0.2) is 0 Å². The molecule has 1 aromatic heterocycles. The van der Waals surface area contributed by atoms with Crippen LogP contribution in [0.2, 0.25) is 0 Å². The minimum Gasteiger partial charge on any atom is -0.411 e. The van der Waals surface area contributed by atoms with Gasteiger partial charge in [0.2, 0.25) is 0 Å². The molecule has 0 amide bonds. The molecule has 0 aliphatic carbocycles. The standard InChI is InChI=1S/C7H11N3O/c1-3-6(9-11)7-4-5-10(2)8-7/h4-5,11H,3H2,1-2H3/b9-6-. The molecule has 0 atom stereocenters. The first-order valence-electron chi connectivity index (χ1n) is 3.49. The van der Waals surface area contributed by atoms with E-state index in [0.29, 0.717) is 12.1 Å². The second-order valence-corrected chi connectivity index (χ2v) is 2.27. The number of aryl methyl sites for hydroxylation is 1. The highest BCUT2D eigenvalue weighted by Gasteiger charge is 2.03. The van der Waals surface area contributed by atoms with E-state index in [-0.39, 0.29) is 0 Å². The lowest BCUT2D eigenvalue weighted by atomic mass is 10.2. The van der Waals surface area contributed by atoms with Gasteiger partial charge in [0.25, 0.3) is 0 Å². The van der Waals surface area contributed by atoms with Crippen LogP contribution in [-0.4, -0.2) is 20.7 Å². The fourth-order valence-corrected chi connectivity index (χ4v) is 0.872. The highest BCUT2D eigenvalue weighted by Crippen LogP contribution is 1.99. The van der Waals surface area contributed by atoms with E-state index in [1.54, 1.807) is 4.68 Å². The summed E-state index contributed by atoms with van der Waals surface area (Å²) in [6, 6.07) is 1.82. The van der Waals surface area contributed by atoms with Gasteiger partial charge in [-0.05, 0) is 12.5 Å². The Hall–Kier alpha value is -1.32. The Kier molecular flexibility index (Phi) is 2.25. The molecule has 11 heavy (non-hydrogen) atoms. The fourth-order valence-electron chi connectivity index (χ4n) is 0.872. The van der Waals surface area contributed by atoms with Gasteiger partial charge in [0, 0.05) is 13.2 Å². The lowest BCUT2D eigenvalue weighted by Gasteiger charge is -1.93. The van der Waals surface area contributed by atoms with Crippen LogP contribution in [0.3, 0.4) is 0 Å². The van der Waals surface area contributed by atoms with Crippen molar-refractivity contribution >= 4 is 5.71 Å². The lowest BCUT2D eigenvalue weighted by Crippen LogP contribution is -2.01. The molecule has 0 unspecified atom stereocenters. The van der Waals surface area contributed by atoms with Crippen molar-refractivity contribution in [1.29, 1.82) is 0 Å². The Morgan fingerprint density at radius 2 is 2.55 bits per heavy atom. The zero-order valence-corrected chi connectivity index (χ0v) is 6.65. The number of nitrogens with zero attached hydrogens (tertiary/aromatic N) is 3. The molecule has 60 valence electrons. The lowest BCUT2D eigenvalue weighted by molar-refractivity contribution is 0.318. The van der Waals surface area contributed by atoms with Gasteiger partial charge < -0.3 is 5.21 Å². The summed E-state index contributed by atoms with van der Waals surface area (Å²) >= 11 is 0. The minimum absolute atomic E-state index is 0.616. The van der Waals surface area contributed by atoms with Crippen LogP contribution in [0.5, 0.6) is 0 Å². The summed E-state index contributed by atoms with van der Waals surface area (Å²) in [5, 5.41) is 15.7. The van der Waals surface area contributed by atoms with Crippen molar-refractivity contribution in [2.24, 2.45) is 12.2 Å². The number of rotatable bonds is 2. The predicted octanol–water partition coefficient (Wildman–Crippen LogP) is 1.01. The molecule has 0 spiro atoms. The average Bonchev–Trinajstić information content (AvgIpc) is 2.39. The van der Waals surface area contributed by atoms with Crippen molar-refractivity contribution in [2.75, 3.05) is 0 Å². The first-order valence-corrected chi connectivity index (χ1v) is 3.49. The van der Waals surface area contributed by atoms with Crippen LogP contribution >= 0.6 is 0 Å². The SMILES string of the molecule is CC/C(=N/O)c1ccn(C)n1. The largest absolute Gasteiger partial charge is 0.411 e. The first-order chi connectivity index (χ1) is 5.27. The zero-order chi connectivity index (χ0) is 8.27. The van der Waals surface area contributed by atoms with Crippen molar-refractivity contribution in [2.45, 2.75) is 13.3 Å². The van der Waals surface area contributed by atoms with E-state index in [0.717, 1.165) is 5.69 Å². The van der Waals surface area contributed by atoms with Gasteiger partial charge in [0.15, 0.2) is 0 Å². The Morgan fingerprint density at radius 3 is 2.91 bits per heavy atom. The zero-order valence-electron chi connectivity index (χ0n) is 6.65. The van der Waals surface area contributed by atoms with Gasteiger partial charge in [-0.15, -0.1) is 0 Å². The monoisotopic (exact) mass is 153 g/mol. The highest BCUT2D eigenvalue weighted by atomic mass is 16.4.